The van der Waals surface area contributed by atoms with Crippen LogP contribution in [0.2, 0.25) is 0 Å². The van der Waals surface area contributed by atoms with Gasteiger partial charge in [0.2, 0.25) is 5.91 Å². The van der Waals surface area contributed by atoms with Crippen LogP contribution in [-0.2, 0) is 11.2 Å². The molecule has 0 aliphatic carbocycles. The maximum absolute atomic E-state index is 12.1. The van der Waals surface area contributed by atoms with Crippen molar-refractivity contribution in [2.24, 2.45) is 0 Å². The summed E-state index contributed by atoms with van der Waals surface area (Å²) in [6, 6.07) is 16.5. The zero-order valence-electron chi connectivity index (χ0n) is 13.5. The first-order chi connectivity index (χ1) is 11.1. The Bertz CT molecular complexity index is 668. The van der Waals surface area contributed by atoms with Crippen molar-refractivity contribution in [3.05, 3.63) is 65.7 Å². The quantitative estimate of drug-likeness (QED) is 0.859. The van der Waals surface area contributed by atoms with Gasteiger partial charge in [-0.15, -0.1) is 0 Å². The summed E-state index contributed by atoms with van der Waals surface area (Å²) in [7, 11) is 0. The summed E-state index contributed by atoms with van der Waals surface area (Å²) in [6.45, 7) is 3.87. The molecule has 0 spiro atoms. The fourth-order valence-corrected chi connectivity index (χ4v) is 2.38. The predicted molar refractivity (Wildman–Crippen MR) is 92.4 cm³/mol. The molecule has 0 radical (unpaired) electrons. The third-order valence-corrected chi connectivity index (χ3v) is 3.58. The van der Waals surface area contributed by atoms with Crippen LogP contribution in [0.3, 0.4) is 0 Å². The highest BCUT2D eigenvalue weighted by Gasteiger charge is 2.14. The average Bonchev–Trinajstić information content (AvgIpc) is 2.55. The van der Waals surface area contributed by atoms with Gasteiger partial charge in [0, 0.05) is 23.7 Å². The summed E-state index contributed by atoms with van der Waals surface area (Å²) in [5.41, 5.74) is 2.53. The number of nitrogens with one attached hydrogen (secondary N) is 2. The van der Waals surface area contributed by atoms with E-state index in [2.05, 4.69) is 10.6 Å². The summed E-state index contributed by atoms with van der Waals surface area (Å²) in [4.78, 5) is 24.2. The van der Waals surface area contributed by atoms with Gasteiger partial charge < -0.3 is 10.6 Å². The van der Waals surface area contributed by atoms with E-state index in [4.69, 9.17) is 0 Å². The molecule has 1 atom stereocenters. The molecule has 0 saturated heterocycles. The van der Waals surface area contributed by atoms with Crippen LogP contribution >= 0.6 is 0 Å². The second kappa shape index (κ2) is 8.13. The second-order valence-electron chi connectivity index (χ2n) is 5.50. The molecule has 4 heteroatoms. The highest BCUT2D eigenvalue weighted by atomic mass is 16.2. The fourth-order valence-electron chi connectivity index (χ4n) is 2.38. The minimum absolute atomic E-state index is 0.105. The van der Waals surface area contributed by atoms with Gasteiger partial charge in [0.15, 0.2) is 0 Å². The maximum Gasteiger partial charge on any atom is 0.251 e. The molecule has 23 heavy (non-hydrogen) atoms. The van der Waals surface area contributed by atoms with Crippen molar-refractivity contribution in [2.45, 2.75) is 32.7 Å². The molecule has 2 rings (SSSR count). The van der Waals surface area contributed by atoms with Crippen molar-refractivity contribution in [3.8, 4) is 0 Å². The fraction of sp³-hybridized carbons (Fsp3) is 0.263. The van der Waals surface area contributed by atoms with Crippen molar-refractivity contribution in [1.82, 2.24) is 5.32 Å². The Morgan fingerprint density at radius 1 is 1.00 bits per heavy atom. The minimum Gasteiger partial charge on any atom is -0.349 e. The number of aryl methyl sites for hydroxylation is 1. The Morgan fingerprint density at radius 3 is 2.35 bits per heavy atom. The SMILES string of the molecule is CCc1ccccc1NC(=O)C[C@H](C)NC(=O)c1ccccc1. The zero-order valence-corrected chi connectivity index (χ0v) is 13.5. The Hall–Kier alpha value is -2.62. The molecular weight excluding hydrogens is 288 g/mol. The smallest absolute Gasteiger partial charge is 0.251 e. The Morgan fingerprint density at radius 2 is 1.65 bits per heavy atom. The van der Waals surface area contributed by atoms with E-state index in [1.54, 1.807) is 12.1 Å². The molecule has 4 nitrogen and oxygen atoms in total. The van der Waals surface area contributed by atoms with E-state index in [-0.39, 0.29) is 24.3 Å². The molecule has 0 saturated carbocycles. The van der Waals surface area contributed by atoms with Gasteiger partial charge in [-0.1, -0.05) is 43.3 Å². The van der Waals surface area contributed by atoms with Crippen LogP contribution in [0.5, 0.6) is 0 Å². The largest absolute Gasteiger partial charge is 0.349 e. The van der Waals surface area contributed by atoms with Gasteiger partial charge in [-0.25, -0.2) is 0 Å². The van der Waals surface area contributed by atoms with Crippen LogP contribution in [0, 0.1) is 0 Å². The summed E-state index contributed by atoms with van der Waals surface area (Å²) in [5.74, 6) is -0.272. The van der Waals surface area contributed by atoms with E-state index in [0.717, 1.165) is 17.7 Å². The van der Waals surface area contributed by atoms with Crippen LogP contribution in [0.1, 0.15) is 36.2 Å². The number of para-hydroxylation sites is 1. The molecule has 2 N–H and O–H groups in total. The molecule has 2 aromatic rings. The summed E-state index contributed by atoms with van der Waals surface area (Å²) >= 11 is 0. The molecule has 0 unspecified atom stereocenters. The van der Waals surface area contributed by atoms with Crippen LogP contribution in [0.15, 0.2) is 54.6 Å². The molecule has 0 aliphatic rings. The van der Waals surface area contributed by atoms with Crippen molar-refractivity contribution in [1.29, 1.82) is 0 Å². The van der Waals surface area contributed by atoms with Crippen molar-refractivity contribution >= 4 is 17.5 Å². The third-order valence-electron chi connectivity index (χ3n) is 3.58. The molecule has 120 valence electrons. The van der Waals surface area contributed by atoms with E-state index >= 15 is 0 Å². The van der Waals surface area contributed by atoms with Gasteiger partial charge in [0.05, 0.1) is 0 Å². The van der Waals surface area contributed by atoms with Crippen molar-refractivity contribution < 1.29 is 9.59 Å². The lowest BCUT2D eigenvalue weighted by Crippen LogP contribution is -2.35. The first-order valence-corrected chi connectivity index (χ1v) is 7.83. The molecule has 0 heterocycles. The zero-order chi connectivity index (χ0) is 16.7. The number of anilines is 1. The number of carbonyl (C=O) groups is 2. The van der Waals surface area contributed by atoms with Gasteiger partial charge >= 0.3 is 0 Å². The summed E-state index contributed by atoms with van der Waals surface area (Å²) in [6.07, 6.45) is 1.09. The minimum atomic E-state index is -0.239. The Labute approximate surface area is 136 Å². The standard InChI is InChI=1S/C19H22N2O2/c1-3-15-9-7-8-12-17(15)21-18(22)13-14(2)20-19(23)16-10-5-4-6-11-16/h4-12,14H,3,13H2,1-2H3,(H,20,23)(H,21,22)/t14-/m0/s1. The van der Waals surface area contributed by atoms with Crippen LogP contribution < -0.4 is 10.6 Å². The highest BCUT2D eigenvalue weighted by Crippen LogP contribution is 2.15. The lowest BCUT2D eigenvalue weighted by molar-refractivity contribution is -0.116. The summed E-state index contributed by atoms with van der Waals surface area (Å²) in [5, 5.41) is 5.76. The van der Waals surface area contributed by atoms with Gasteiger partial charge in [0.1, 0.15) is 0 Å². The normalized spacial score (nSPS) is 11.6. The van der Waals surface area contributed by atoms with Gasteiger partial charge in [-0.2, -0.15) is 0 Å². The number of carbonyl (C=O) groups excluding carboxylic acids is 2. The topological polar surface area (TPSA) is 58.2 Å². The Balaban J connectivity index is 1.88. The first kappa shape index (κ1) is 16.7. The van der Waals surface area contributed by atoms with Crippen LogP contribution in [-0.4, -0.2) is 17.9 Å². The second-order valence-corrected chi connectivity index (χ2v) is 5.50. The van der Waals surface area contributed by atoms with Gasteiger partial charge in [-0.3, -0.25) is 9.59 Å². The van der Waals surface area contributed by atoms with Crippen LogP contribution in [0.25, 0.3) is 0 Å². The number of amides is 2. The van der Waals surface area contributed by atoms with E-state index in [9.17, 15) is 9.59 Å². The molecule has 0 aliphatic heterocycles. The Kier molecular flexibility index (Phi) is 5.92. The molecular formula is C19H22N2O2. The lowest BCUT2D eigenvalue weighted by atomic mass is 10.1. The molecule has 0 bridgehead atoms. The van der Waals surface area contributed by atoms with Crippen LogP contribution in [0.4, 0.5) is 5.69 Å². The predicted octanol–water partition coefficient (Wildman–Crippen LogP) is 3.40. The number of benzene rings is 2. The third kappa shape index (κ3) is 4.95. The van der Waals surface area contributed by atoms with Crippen molar-refractivity contribution in [3.63, 3.8) is 0 Å². The maximum atomic E-state index is 12.1. The first-order valence-electron chi connectivity index (χ1n) is 7.83. The number of rotatable bonds is 6. The molecule has 0 fully saturated rings. The highest BCUT2D eigenvalue weighted by molar-refractivity contribution is 5.95. The molecule has 2 amide bonds. The summed E-state index contributed by atoms with van der Waals surface area (Å²) < 4.78 is 0. The van der Waals surface area contributed by atoms with E-state index < -0.39 is 0 Å². The van der Waals surface area contributed by atoms with Gasteiger partial charge in [0.25, 0.3) is 5.91 Å². The monoisotopic (exact) mass is 310 g/mol. The van der Waals surface area contributed by atoms with E-state index in [1.807, 2.05) is 56.3 Å². The van der Waals surface area contributed by atoms with E-state index in [1.165, 1.54) is 0 Å². The molecule has 0 aromatic heterocycles. The number of hydrogen-bond donors (Lipinski definition) is 2. The lowest BCUT2D eigenvalue weighted by Gasteiger charge is -2.15. The molecule has 2 aromatic carbocycles. The van der Waals surface area contributed by atoms with E-state index in [0.29, 0.717) is 5.56 Å². The number of hydrogen-bond acceptors (Lipinski definition) is 2. The average molecular weight is 310 g/mol. The van der Waals surface area contributed by atoms with Gasteiger partial charge in [-0.05, 0) is 37.1 Å². The van der Waals surface area contributed by atoms with Crippen molar-refractivity contribution in [2.75, 3.05) is 5.32 Å².